The van der Waals surface area contributed by atoms with E-state index < -0.39 is 15.6 Å². The van der Waals surface area contributed by atoms with E-state index in [9.17, 15) is 8.42 Å². The summed E-state index contributed by atoms with van der Waals surface area (Å²) < 4.78 is 24.7. The molecule has 13 heavy (non-hydrogen) atoms. The zero-order valence-corrected chi connectivity index (χ0v) is 10.2. The lowest BCUT2D eigenvalue weighted by Gasteiger charge is -2.19. The summed E-state index contributed by atoms with van der Waals surface area (Å²) >= 11 is 0. The monoisotopic (exact) mass is 209 g/mol. The first-order chi connectivity index (χ1) is 5.65. The maximum atomic E-state index is 11.1. The van der Waals surface area contributed by atoms with Gasteiger partial charge in [0.15, 0.2) is 0 Å². The smallest absolute Gasteiger partial charge is 0.207 e. The Kier molecular flexibility index (Phi) is 6.28. The van der Waals surface area contributed by atoms with Crippen LogP contribution in [0.15, 0.2) is 11.5 Å². The highest BCUT2D eigenvalue weighted by Crippen LogP contribution is 2.06. The quantitative estimate of drug-likeness (QED) is 0.759. The molecule has 0 aromatic rings. The highest BCUT2D eigenvalue weighted by molar-refractivity contribution is 7.93. The van der Waals surface area contributed by atoms with Crippen LogP contribution in [0, 0.1) is 0 Å². The van der Waals surface area contributed by atoms with Gasteiger partial charge < -0.3 is 0 Å². The minimum atomic E-state index is -3.30. The van der Waals surface area contributed by atoms with Crippen molar-refractivity contribution in [2.75, 3.05) is 0 Å². The van der Waals surface area contributed by atoms with Crippen LogP contribution in [0.2, 0.25) is 0 Å². The molecule has 0 bridgehead atoms. The van der Waals surface area contributed by atoms with Crippen LogP contribution in [0.5, 0.6) is 0 Å². The maximum absolute atomic E-state index is 11.1. The Labute approximate surface area is 83.8 Å². The van der Waals surface area contributed by atoms with E-state index in [0.717, 1.165) is 0 Å². The first kappa shape index (κ1) is 15.1. The van der Waals surface area contributed by atoms with Crippen molar-refractivity contribution >= 4 is 10.0 Å². The molecule has 0 amide bonds. The van der Waals surface area contributed by atoms with Gasteiger partial charge >= 0.3 is 0 Å². The van der Waals surface area contributed by atoms with Gasteiger partial charge in [-0.2, -0.15) is 0 Å². The van der Waals surface area contributed by atoms with Gasteiger partial charge in [-0.15, -0.1) is 0 Å². The summed E-state index contributed by atoms with van der Waals surface area (Å²) in [5.41, 5.74) is -0.433. The minimum Gasteiger partial charge on any atom is -0.207 e. The molecule has 0 atom stereocenters. The molecule has 1 N–H and O–H groups in total. The van der Waals surface area contributed by atoms with Gasteiger partial charge in [0.05, 0.1) is 0 Å². The van der Waals surface area contributed by atoms with Crippen molar-refractivity contribution < 1.29 is 9.84 Å². The molecule has 0 aromatic carbocycles. The Balaban J connectivity index is -0.000000376. The third-order valence-electron chi connectivity index (χ3n) is 0.899. The number of sulfonamides is 1. The molecule has 0 saturated carbocycles. The van der Waals surface area contributed by atoms with Crippen LogP contribution < -0.4 is 4.72 Å². The lowest BCUT2D eigenvalue weighted by Crippen LogP contribution is -2.40. The molecular weight excluding hydrogens is 186 g/mol. The highest BCUT2D eigenvalue weighted by atomic mass is 32.2. The van der Waals surface area contributed by atoms with Crippen LogP contribution in [0.1, 0.15) is 43.0 Å². The molecule has 0 fully saturated rings. The van der Waals surface area contributed by atoms with E-state index in [2.05, 4.69) is 11.3 Å². The van der Waals surface area contributed by atoms with Crippen molar-refractivity contribution in [1.29, 1.82) is 0 Å². The summed E-state index contributed by atoms with van der Waals surface area (Å²) in [4.78, 5) is 0.146. The fraction of sp³-hybridized carbons (Fsp3) is 0.778. The molecule has 0 saturated heterocycles. The van der Waals surface area contributed by atoms with Gasteiger partial charge in [0.1, 0.15) is 0 Å². The summed E-state index contributed by atoms with van der Waals surface area (Å²) in [6.07, 6.45) is 0. The Morgan fingerprint density at radius 3 is 1.69 bits per heavy atom. The van der Waals surface area contributed by atoms with Crippen LogP contribution in [-0.2, 0) is 10.0 Å². The third-order valence-corrected chi connectivity index (χ3v) is 2.70. The largest absolute Gasteiger partial charge is 0.236 e. The second-order valence-electron chi connectivity index (χ2n) is 3.56. The zero-order valence-electron chi connectivity index (χ0n) is 9.43. The first-order valence-corrected chi connectivity index (χ1v) is 5.83. The Morgan fingerprint density at radius 2 is 1.62 bits per heavy atom. The van der Waals surface area contributed by atoms with Crippen molar-refractivity contribution in [3.8, 4) is 0 Å². The van der Waals surface area contributed by atoms with Gasteiger partial charge in [-0.3, -0.25) is 0 Å². The average molecular weight is 209 g/mol. The normalized spacial score (nSPS) is 11.5. The fourth-order valence-electron chi connectivity index (χ4n) is 0.490. The Hall–Kier alpha value is -0.350. The Bertz CT molecular complexity index is 252. The van der Waals surface area contributed by atoms with Crippen LogP contribution in [0.25, 0.3) is 0 Å². The second-order valence-corrected chi connectivity index (χ2v) is 5.47. The van der Waals surface area contributed by atoms with Crippen molar-refractivity contribution in [2.24, 2.45) is 0 Å². The van der Waals surface area contributed by atoms with E-state index in [4.69, 9.17) is 0 Å². The first-order valence-electron chi connectivity index (χ1n) is 4.35. The topological polar surface area (TPSA) is 46.2 Å². The highest BCUT2D eigenvalue weighted by Gasteiger charge is 2.19. The third kappa shape index (κ3) is 7.99. The van der Waals surface area contributed by atoms with Crippen LogP contribution in [0.3, 0.4) is 0 Å². The molecule has 0 aliphatic carbocycles. The summed E-state index contributed by atoms with van der Waals surface area (Å²) in [6.45, 7) is 14.2. The van der Waals surface area contributed by atoms with Gasteiger partial charge in [0, 0.05) is 11.9 Å². The number of allylic oxidation sites excluding steroid dienone is 1. The van der Waals surface area contributed by atoms with Crippen molar-refractivity contribution in [2.45, 2.75) is 47.1 Å². The standard InChI is InChI=1S/C7H15NO2S.C2H6.H2/c1-6(2)11(9,10)8-7(3,4)5;1-2;/h8H,1H2,2-5H3;1-2H3;1H. The number of hydrogen-bond acceptors (Lipinski definition) is 2. The van der Waals surface area contributed by atoms with E-state index in [1.54, 1.807) is 20.8 Å². The predicted octanol–water partition coefficient (Wildman–Crippen LogP) is 2.51. The molecule has 0 aromatic heterocycles. The van der Waals surface area contributed by atoms with Gasteiger partial charge in [0.25, 0.3) is 0 Å². The fourth-order valence-corrected chi connectivity index (χ4v) is 1.47. The molecule has 0 heterocycles. The molecule has 0 spiro atoms. The maximum Gasteiger partial charge on any atom is 0.236 e. The van der Waals surface area contributed by atoms with Crippen LogP contribution in [0.4, 0.5) is 0 Å². The van der Waals surface area contributed by atoms with Crippen LogP contribution >= 0.6 is 0 Å². The van der Waals surface area contributed by atoms with Gasteiger partial charge in [-0.1, -0.05) is 20.4 Å². The van der Waals surface area contributed by atoms with Gasteiger partial charge in [0.2, 0.25) is 10.0 Å². The predicted molar refractivity (Wildman–Crippen MR) is 60.1 cm³/mol. The molecular formula is C9H23NO2S. The molecule has 0 aliphatic rings. The lowest BCUT2D eigenvalue weighted by atomic mass is 10.1. The molecule has 0 rings (SSSR count). The molecule has 0 unspecified atom stereocenters. The van der Waals surface area contributed by atoms with Crippen molar-refractivity contribution in [1.82, 2.24) is 4.72 Å². The molecule has 4 heteroatoms. The Morgan fingerprint density at radius 1 is 1.31 bits per heavy atom. The van der Waals surface area contributed by atoms with E-state index in [0.29, 0.717) is 0 Å². The molecule has 3 nitrogen and oxygen atoms in total. The van der Waals surface area contributed by atoms with Gasteiger partial charge in [-0.25, -0.2) is 13.1 Å². The molecule has 82 valence electrons. The summed E-state index contributed by atoms with van der Waals surface area (Å²) in [5.74, 6) is 0. The average Bonchev–Trinajstić information content (AvgIpc) is 1.86. The number of rotatable bonds is 2. The van der Waals surface area contributed by atoms with Crippen molar-refractivity contribution in [3.63, 3.8) is 0 Å². The summed E-state index contributed by atoms with van der Waals surface area (Å²) in [6, 6.07) is 0. The van der Waals surface area contributed by atoms with E-state index in [1.807, 2.05) is 13.8 Å². The van der Waals surface area contributed by atoms with E-state index in [1.165, 1.54) is 6.92 Å². The number of hydrogen-bond donors (Lipinski definition) is 1. The number of nitrogens with one attached hydrogen (secondary N) is 1. The van der Waals surface area contributed by atoms with Crippen LogP contribution in [-0.4, -0.2) is 14.0 Å². The molecule has 0 radical (unpaired) electrons. The molecule has 0 aliphatic heterocycles. The summed E-state index contributed by atoms with van der Waals surface area (Å²) in [7, 11) is -3.30. The SMILES string of the molecule is C=C(C)S(=O)(=O)NC(C)(C)C.CC.[HH]. The van der Waals surface area contributed by atoms with Gasteiger partial charge in [-0.05, 0) is 27.7 Å². The lowest BCUT2D eigenvalue weighted by molar-refractivity contribution is 0.495. The minimum absolute atomic E-state index is 0. The summed E-state index contributed by atoms with van der Waals surface area (Å²) in [5, 5.41) is 0. The zero-order chi connectivity index (χ0) is 11.3. The van der Waals surface area contributed by atoms with Crippen molar-refractivity contribution in [3.05, 3.63) is 11.5 Å². The second kappa shape index (κ2) is 5.40. The van der Waals surface area contributed by atoms with E-state index >= 15 is 0 Å². The van der Waals surface area contributed by atoms with E-state index in [-0.39, 0.29) is 6.33 Å².